The summed E-state index contributed by atoms with van der Waals surface area (Å²) < 4.78 is 11.2. The maximum Gasteiger partial charge on any atom is 0.488 e. The third-order valence-corrected chi connectivity index (χ3v) is 5.40. The van der Waals surface area contributed by atoms with Crippen LogP contribution in [0, 0.1) is 0 Å². The zero-order valence-electron chi connectivity index (χ0n) is 16.8. The largest absolute Gasteiger partial charge is 0.488 e. The molecule has 0 fully saturated rings. The van der Waals surface area contributed by atoms with Gasteiger partial charge in [0.1, 0.15) is 22.3 Å². The number of para-hydroxylation sites is 2. The Morgan fingerprint density at radius 2 is 0.812 bits per heavy atom. The molecule has 2 heterocycles. The molecule has 0 aliphatic rings. The summed E-state index contributed by atoms with van der Waals surface area (Å²) in [7, 11) is -2.89. The van der Waals surface area contributed by atoms with E-state index in [1.807, 2.05) is 48.5 Å². The second-order valence-electron chi connectivity index (χ2n) is 7.45. The molecule has 4 N–H and O–H groups in total. The van der Waals surface area contributed by atoms with Crippen molar-refractivity contribution in [2.24, 2.45) is 0 Å². The molecule has 0 saturated heterocycles. The van der Waals surface area contributed by atoms with Gasteiger partial charge in [0.25, 0.3) is 0 Å². The van der Waals surface area contributed by atoms with Crippen LogP contribution in [0.4, 0.5) is 0 Å². The van der Waals surface area contributed by atoms with Gasteiger partial charge in [-0.25, -0.2) is 0 Å². The van der Waals surface area contributed by atoms with Crippen molar-refractivity contribution in [2.45, 2.75) is 0 Å². The van der Waals surface area contributed by atoms with E-state index in [4.69, 9.17) is 28.9 Å². The first-order valence-electron chi connectivity index (χ1n) is 10.1. The quantitative estimate of drug-likeness (QED) is 0.319. The summed E-state index contributed by atoms with van der Waals surface area (Å²) >= 11 is 0. The topological polar surface area (TPSA) is 107 Å². The molecule has 6 rings (SSSR count). The fraction of sp³-hybridized carbons (Fsp3) is 0. The minimum absolute atomic E-state index is 0.471. The van der Waals surface area contributed by atoms with Gasteiger partial charge in [0.15, 0.2) is 0 Å². The second-order valence-corrected chi connectivity index (χ2v) is 7.45. The average molecular weight is 424 g/mol. The average Bonchev–Trinajstić information content (AvgIpc) is 3.36. The molecule has 8 heteroatoms. The molecule has 0 spiro atoms. The number of furan rings is 2. The molecule has 156 valence electrons. The number of fused-ring (bicyclic) bond motifs is 6. The van der Waals surface area contributed by atoms with Crippen molar-refractivity contribution in [3.63, 3.8) is 0 Å². The fourth-order valence-corrected chi connectivity index (χ4v) is 3.81. The molecule has 0 atom stereocenters. The summed E-state index contributed by atoms with van der Waals surface area (Å²) in [6.45, 7) is 0. The van der Waals surface area contributed by atoms with Crippen molar-refractivity contribution in [1.82, 2.24) is 0 Å². The molecule has 0 aliphatic heterocycles. The monoisotopic (exact) mass is 424 g/mol. The Balaban J connectivity index is 0.000000135. The summed E-state index contributed by atoms with van der Waals surface area (Å²) in [5, 5.41) is 40.3. The van der Waals surface area contributed by atoms with Crippen LogP contribution in [-0.2, 0) is 0 Å². The minimum Gasteiger partial charge on any atom is -0.456 e. The lowest BCUT2D eigenvalue weighted by molar-refractivity contribution is 0.424. The number of rotatable bonds is 2. The number of hydrogen-bond donors (Lipinski definition) is 4. The second kappa shape index (κ2) is 8.18. The van der Waals surface area contributed by atoms with Crippen molar-refractivity contribution >= 4 is 69.0 Å². The van der Waals surface area contributed by atoms with E-state index < -0.39 is 14.2 Å². The van der Waals surface area contributed by atoms with Gasteiger partial charge in [-0.05, 0) is 35.2 Å². The Kier molecular flexibility index (Phi) is 5.20. The molecule has 0 unspecified atom stereocenters. The predicted octanol–water partition coefficient (Wildman–Crippen LogP) is 2.53. The summed E-state index contributed by atoms with van der Waals surface area (Å²) in [5.41, 5.74) is 4.07. The van der Waals surface area contributed by atoms with E-state index in [0.29, 0.717) is 10.9 Å². The van der Waals surface area contributed by atoms with Crippen molar-refractivity contribution in [1.29, 1.82) is 0 Å². The summed E-state index contributed by atoms with van der Waals surface area (Å²) in [5.74, 6) is 0. The summed E-state index contributed by atoms with van der Waals surface area (Å²) in [4.78, 5) is 0. The highest BCUT2D eigenvalue weighted by Gasteiger charge is 2.14. The lowest BCUT2D eigenvalue weighted by atomic mass is 9.80. The van der Waals surface area contributed by atoms with Gasteiger partial charge >= 0.3 is 14.2 Å². The SMILES string of the molecule is OB(O)c1ccc2oc3ccccc3c2c1.OB(O)c1ccc2oc3ccccc3c2c1. The maximum atomic E-state index is 9.12. The molecular formula is C24H18B2O6. The summed E-state index contributed by atoms with van der Waals surface area (Å²) in [6, 6.07) is 25.7. The van der Waals surface area contributed by atoms with Crippen molar-refractivity contribution in [3.05, 3.63) is 84.9 Å². The van der Waals surface area contributed by atoms with Crippen LogP contribution in [0.2, 0.25) is 0 Å². The van der Waals surface area contributed by atoms with Crippen LogP contribution in [-0.4, -0.2) is 34.3 Å². The van der Waals surface area contributed by atoms with Gasteiger partial charge in [-0.1, -0.05) is 60.7 Å². The smallest absolute Gasteiger partial charge is 0.456 e. The van der Waals surface area contributed by atoms with Crippen molar-refractivity contribution in [3.8, 4) is 0 Å². The van der Waals surface area contributed by atoms with Crippen molar-refractivity contribution < 1.29 is 28.9 Å². The van der Waals surface area contributed by atoms with Crippen LogP contribution in [0.1, 0.15) is 0 Å². The fourth-order valence-electron chi connectivity index (χ4n) is 3.81. The van der Waals surface area contributed by atoms with Gasteiger partial charge < -0.3 is 28.9 Å². The maximum absolute atomic E-state index is 9.12. The zero-order valence-corrected chi connectivity index (χ0v) is 16.8. The Morgan fingerprint density at radius 3 is 1.22 bits per heavy atom. The van der Waals surface area contributed by atoms with Crippen LogP contribution in [0.25, 0.3) is 43.9 Å². The molecule has 32 heavy (non-hydrogen) atoms. The van der Waals surface area contributed by atoms with Gasteiger partial charge in [0.2, 0.25) is 0 Å². The Labute approximate surface area is 183 Å². The molecule has 6 nitrogen and oxygen atoms in total. The first-order valence-corrected chi connectivity index (χ1v) is 10.1. The van der Waals surface area contributed by atoms with E-state index in [9.17, 15) is 0 Å². The lowest BCUT2D eigenvalue weighted by Crippen LogP contribution is -2.29. The molecule has 0 aliphatic carbocycles. The predicted molar refractivity (Wildman–Crippen MR) is 127 cm³/mol. The van der Waals surface area contributed by atoms with Crippen molar-refractivity contribution in [2.75, 3.05) is 0 Å². The third-order valence-electron chi connectivity index (χ3n) is 5.40. The Hall–Kier alpha value is -3.55. The van der Waals surface area contributed by atoms with Crippen LogP contribution in [0.15, 0.2) is 93.8 Å². The van der Waals surface area contributed by atoms with Crippen LogP contribution in [0.5, 0.6) is 0 Å². The molecule has 0 saturated carbocycles. The number of benzene rings is 4. The molecule has 0 radical (unpaired) electrons. The zero-order chi connectivity index (χ0) is 22.2. The highest BCUT2D eigenvalue weighted by atomic mass is 16.4. The van der Waals surface area contributed by atoms with Gasteiger partial charge in [-0.15, -0.1) is 0 Å². The van der Waals surface area contributed by atoms with E-state index in [2.05, 4.69) is 0 Å². The molecule has 0 amide bonds. The van der Waals surface area contributed by atoms with E-state index in [1.54, 1.807) is 36.4 Å². The molecule has 0 bridgehead atoms. The Morgan fingerprint density at radius 1 is 0.438 bits per heavy atom. The van der Waals surface area contributed by atoms with E-state index in [-0.39, 0.29) is 0 Å². The molecule has 4 aromatic carbocycles. The Bertz CT molecular complexity index is 1430. The third kappa shape index (κ3) is 3.66. The highest BCUT2D eigenvalue weighted by Crippen LogP contribution is 2.28. The molecule has 6 aromatic rings. The van der Waals surface area contributed by atoms with E-state index >= 15 is 0 Å². The van der Waals surface area contributed by atoms with Crippen LogP contribution in [0.3, 0.4) is 0 Å². The van der Waals surface area contributed by atoms with Crippen LogP contribution >= 0.6 is 0 Å². The lowest BCUT2D eigenvalue weighted by Gasteiger charge is -1.97. The van der Waals surface area contributed by atoms with E-state index in [1.165, 1.54) is 0 Å². The van der Waals surface area contributed by atoms with Gasteiger partial charge in [0, 0.05) is 21.5 Å². The molecule has 2 aromatic heterocycles. The minimum atomic E-state index is -1.45. The first-order chi connectivity index (χ1) is 15.5. The van der Waals surface area contributed by atoms with Gasteiger partial charge in [0.05, 0.1) is 0 Å². The standard InChI is InChI=1S/2C12H9BO3/c2*14-13(15)8-5-6-12-10(7-8)9-3-1-2-4-11(9)16-12/h2*1-7,14-15H. The summed E-state index contributed by atoms with van der Waals surface area (Å²) in [6.07, 6.45) is 0. The van der Waals surface area contributed by atoms with E-state index in [0.717, 1.165) is 43.9 Å². The van der Waals surface area contributed by atoms with Crippen LogP contribution < -0.4 is 10.9 Å². The molecular weight excluding hydrogens is 406 g/mol. The normalized spacial score (nSPS) is 11.1. The first kappa shape index (κ1) is 20.4. The highest BCUT2D eigenvalue weighted by molar-refractivity contribution is 6.59. The number of hydrogen-bond acceptors (Lipinski definition) is 6. The van der Waals surface area contributed by atoms with Gasteiger partial charge in [-0.2, -0.15) is 0 Å². The van der Waals surface area contributed by atoms with Gasteiger partial charge in [-0.3, -0.25) is 0 Å².